The number of fused-ring (bicyclic) bond motifs is 1. The van der Waals surface area contributed by atoms with E-state index in [2.05, 4.69) is 5.32 Å². The van der Waals surface area contributed by atoms with E-state index in [4.69, 9.17) is 0 Å². The summed E-state index contributed by atoms with van der Waals surface area (Å²) in [5, 5.41) is 33.0. The van der Waals surface area contributed by atoms with Gasteiger partial charge >= 0.3 is 6.03 Å². The molecule has 0 aromatic carbocycles. The molecule has 3 saturated heterocycles. The number of nitrogens with zero attached hydrogens (tertiary/aromatic N) is 2. The summed E-state index contributed by atoms with van der Waals surface area (Å²) in [6.07, 6.45) is -0.0234. The maximum Gasteiger partial charge on any atom is 0.317 e. The smallest absolute Gasteiger partial charge is 0.317 e. The zero-order valence-electron chi connectivity index (χ0n) is 11.5. The van der Waals surface area contributed by atoms with Crippen molar-refractivity contribution in [3.8, 4) is 0 Å². The van der Waals surface area contributed by atoms with Crippen LogP contribution in [0.1, 0.15) is 19.3 Å². The molecule has 1 unspecified atom stereocenters. The van der Waals surface area contributed by atoms with Gasteiger partial charge in [0.05, 0.1) is 24.3 Å². The molecule has 0 saturated carbocycles. The number of rotatable bonds is 1. The van der Waals surface area contributed by atoms with E-state index in [1.807, 2.05) is 4.90 Å². The third-order valence-corrected chi connectivity index (χ3v) is 4.77. The Morgan fingerprint density at radius 1 is 1.05 bits per heavy atom. The molecule has 114 valence electrons. The van der Waals surface area contributed by atoms with Crippen molar-refractivity contribution in [2.45, 2.75) is 49.7 Å². The molecule has 0 aromatic rings. The van der Waals surface area contributed by atoms with Gasteiger partial charge in [0, 0.05) is 26.2 Å². The van der Waals surface area contributed by atoms with Crippen LogP contribution in [-0.2, 0) is 0 Å². The topological polar surface area (TPSA) is 96.3 Å². The molecule has 3 fully saturated rings. The molecule has 0 bridgehead atoms. The van der Waals surface area contributed by atoms with E-state index in [0.29, 0.717) is 19.5 Å². The summed E-state index contributed by atoms with van der Waals surface area (Å²) >= 11 is 0. The number of urea groups is 1. The fourth-order valence-electron chi connectivity index (χ4n) is 3.62. The highest BCUT2D eigenvalue weighted by molar-refractivity contribution is 5.74. The number of hydrogen-bond acceptors (Lipinski definition) is 5. The van der Waals surface area contributed by atoms with Crippen LogP contribution in [-0.4, -0.2) is 87.7 Å². The highest BCUT2D eigenvalue weighted by atomic mass is 16.3. The molecule has 7 nitrogen and oxygen atoms in total. The van der Waals surface area contributed by atoms with E-state index < -0.39 is 30.4 Å². The minimum absolute atomic E-state index is 0.169. The van der Waals surface area contributed by atoms with Gasteiger partial charge in [0.1, 0.15) is 6.10 Å². The summed E-state index contributed by atoms with van der Waals surface area (Å²) in [6.45, 7) is 2.66. The summed E-state index contributed by atoms with van der Waals surface area (Å²) in [7, 11) is 0. The van der Waals surface area contributed by atoms with E-state index >= 15 is 0 Å². The van der Waals surface area contributed by atoms with Crippen molar-refractivity contribution in [1.29, 1.82) is 0 Å². The first-order chi connectivity index (χ1) is 9.58. The molecule has 0 spiro atoms. The Hall–Kier alpha value is -0.890. The second-order valence-electron chi connectivity index (χ2n) is 6.07. The maximum absolute atomic E-state index is 12.1. The molecule has 4 N–H and O–H groups in total. The number of piperidine rings is 1. The van der Waals surface area contributed by atoms with Gasteiger partial charge in [-0.05, 0) is 19.3 Å². The van der Waals surface area contributed by atoms with Gasteiger partial charge < -0.3 is 25.5 Å². The van der Waals surface area contributed by atoms with Crippen molar-refractivity contribution >= 4 is 6.03 Å². The van der Waals surface area contributed by atoms with Crippen LogP contribution in [0.2, 0.25) is 0 Å². The van der Waals surface area contributed by atoms with Crippen molar-refractivity contribution in [3.05, 3.63) is 0 Å². The monoisotopic (exact) mass is 285 g/mol. The van der Waals surface area contributed by atoms with Crippen LogP contribution < -0.4 is 5.32 Å². The van der Waals surface area contributed by atoms with E-state index in [9.17, 15) is 20.1 Å². The lowest BCUT2D eigenvalue weighted by Crippen LogP contribution is -2.66. The van der Waals surface area contributed by atoms with E-state index in [1.165, 1.54) is 0 Å². The normalized spacial score (nSPS) is 41.8. The summed E-state index contributed by atoms with van der Waals surface area (Å²) < 4.78 is 0. The molecule has 0 aromatic heterocycles. The number of carbonyl (C=O) groups excluding carboxylic acids is 1. The molecule has 2 amide bonds. The van der Waals surface area contributed by atoms with Gasteiger partial charge in [-0.3, -0.25) is 4.90 Å². The van der Waals surface area contributed by atoms with Crippen LogP contribution in [0.4, 0.5) is 4.79 Å². The average Bonchev–Trinajstić information content (AvgIpc) is 3.05. The van der Waals surface area contributed by atoms with Gasteiger partial charge in [0.2, 0.25) is 0 Å². The molecule has 5 atom stereocenters. The number of amides is 2. The first kappa shape index (κ1) is 14.1. The molecule has 20 heavy (non-hydrogen) atoms. The zero-order valence-corrected chi connectivity index (χ0v) is 11.5. The van der Waals surface area contributed by atoms with E-state index in [1.54, 1.807) is 4.90 Å². The number of aliphatic hydroxyl groups is 3. The summed E-state index contributed by atoms with van der Waals surface area (Å²) in [5.41, 5.74) is 0. The fraction of sp³-hybridized carbons (Fsp3) is 0.923. The van der Waals surface area contributed by atoms with E-state index in [-0.39, 0.29) is 6.03 Å². The highest BCUT2D eigenvalue weighted by Gasteiger charge is 2.48. The molecule has 3 aliphatic rings. The van der Waals surface area contributed by atoms with Crippen LogP contribution >= 0.6 is 0 Å². The SMILES string of the molecule is O=C(N[C@H]1CN2CC[C@H](O)C2[C@@H](O)[C@@H]1O)N1CCCC1. The predicted octanol–water partition coefficient (Wildman–Crippen LogP) is -1.67. The predicted molar refractivity (Wildman–Crippen MR) is 71.1 cm³/mol. The summed E-state index contributed by atoms with van der Waals surface area (Å²) in [6, 6.07) is -1.07. The van der Waals surface area contributed by atoms with Crippen LogP contribution in [0.5, 0.6) is 0 Å². The lowest BCUT2D eigenvalue weighted by molar-refractivity contribution is -0.0996. The standard InChI is InChI=1S/C13H23N3O4/c17-9-3-6-16-7-8(11(18)12(19)10(9)16)14-13(20)15-4-1-2-5-15/h8-12,17-19H,1-7H2,(H,14,20)/t8-,9-,10?,11+,12+/m0/s1. The second kappa shape index (κ2) is 5.48. The molecule has 3 heterocycles. The van der Waals surface area contributed by atoms with Crippen LogP contribution in [0.3, 0.4) is 0 Å². The largest absolute Gasteiger partial charge is 0.391 e. The summed E-state index contributed by atoms with van der Waals surface area (Å²) in [4.78, 5) is 15.8. The van der Waals surface area contributed by atoms with Crippen molar-refractivity contribution in [3.63, 3.8) is 0 Å². The first-order valence-corrected chi connectivity index (χ1v) is 7.41. The number of hydrogen-bond donors (Lipinski definition) is 4. The van der Waals surface area contributed by atoms with Gasteiger partial charge in [0.25, 0.3) is 0 Å². The Kier molecular flexibility index (Phi) is 3.85. The van der Waals surface area contributed by atoms with E-state index in [0.717, 1.165) is 25.9 Å². The Bertz CT molecular complexity index is 375. The first-order valence-electron chi connectivity index (χ1n) is 7.41. The molecule has 0 radical (unpaired) electrons. The van der Waals surface area contributed by atoms with Crippen LogP contribution in [0.15, 0.2) is 0 Å². The van der Waals surface area contributed by atoms with Gasteiger partial charge in [-0.1, -0.05) is 0 Å². The molecule has 3 rings (SSSR count). The maximum atomic E-state index is 12.1. The lowest BCUT2D eigenvalue weighted by Gasteiger charge is -2.43. The average molecular weight is 285 g/mol. The third kappa shape index (κ3) is 2.39. The fourth-order valence-corrected chi connectivity index (χ4v) is 3.62. The zero-order chi connectivity index (χ0) is 14.3. The lowest BCUT2D eigenvalue weighted by atomic mass is 9.91. The van der Waals surface area contributed by atoms with Gasteiger partial charge in [-0.15, -0.1) is 0 Å². The third-order valence-electron chi connectivity index (χ3n) is 4.77. The summed E-state index contributed by atoms with van der Waals surface area (Å²) in [5.74, 6) is 0. The Balaban J connectivity index is 1.63. The van der Waals surface area contributed by atoms with Crippen molar-refractivity contribution in [1.82, 2.24) is 15.1 Å². The van der Waals surface area contributed by atoms with Gasteiger partial charge in [0.15, 0.2) is 0 Å². The molecule has 0 aliphatic carbocycles. The molecular formula is C13H23N3O4. The van der Waals surface area contributed by atoms with Crippen LogP contribution in [0, 0.1) is 0 Å². The molecule has 7 heteroatoms. The Morgan fingerprint density at radius 3 is 2.45 bits per heavy atom. The minimum Gasteiger partial charge on any atom is -0.391 e. The quantitative estimate of drug-likeness (QED) is 0.462. The highest BCUT2D eigenvalue weighted by Crippen LogP contribution is 2.28. The Morgan fingerprint density at radius 2 is 1.75 bits per heavy atom. The van der Waals surface area contributed by atoms with Crippen molar-refractivity contribution < 1.29 is 20.1 Å². The van der Waals surface area contributed by atoms with Crippen molar-refractivity contribution in [2.75, 3.05) is 26.2 Å². The van der Waals surface area contributed by atoms with Crippen molar-refractivity contribution in [2.24, 2.45) is 0 Å². The molecular weight excluding hydrogens is 262 g/mol. The molecule has 3 aliphatic heterocycles. The van der Waals surface area contributed by atoms with Gasteiger partial charge in [-0.25, -0.2) is 4.79 Å². The number of carbonyl (C=O) groups is 1. The number of likely N-dealkylation sites (tertiary alicyclic amines) is 1. The number of nitrogens with one attached hydrogen (secondary N) is 1. The van der Waals surface area contributed by atoms with Crippen LogP contribution in [0.25, 0.3) is 0 Å². The Labute approximate surface area is 118 Å². The number of aliphatic hydroxyl groups excluding tert-OH is 3. The minimum atomic E-state index is -1.03. The van der Waals surface area contributed by atoms with Gasteiger partial charge in [-0.2, -0.15) is 0 Å². The second-order valence-corrected chi connectivity index (χ2v) is 6.07.